The summed E-state index contributed by atoms with van der Waals surface area (Å²) in [5.74, 6) is 0.576. The highest BCUT2D eigenvalue weighted by molar-refractivity contribution is 9.09. The number of halogens is 1. The molecule has 0 aliphatic heterocycles. The molecule has 0 aromatic rings. The Bertz CT molecular complexity index is 512. The van der Waals surface area contributed by atoms with Crippen LogP contribution >= 0.6 is 15.9 Å². The molecule has 0 heterocycles. The van der Waals surface area contributed by atoms with E-state index in [0.717, 1.165) is 37.4 Å². The number of ether oxygens (including phenoxy) is 1. The maximum absolute atomic E-state index is 12.8. The van der Waals surface area contributed by atoms with Crippen molar-refractivity contribution >= 4 is 21.9 Å². The molecule has 0 aromatic carbocycles. The summed E-state index contributed by atoms with van der Waals surface area (Å²) in [6.07, 6.45) is 40.1. The van der Waals surface area contributed by atoms with Crippen LogP contribution in [0.1, 0.15) is 201 Å². The predicted octanol–water partition coefficient (Wildman–Crippen LogP) is 13.4. The molecule has 0 radical (unpaired) electrons. The third-order valence-electron chi connectivity index (χ3n) is 8.43. The molecule has 0 bridgehead atoms. The van der Waals surface area contributed by atoms with Crippen molar-refractivity contribution in [3.8, 4) is 0 Å². The summed E-state index contributed by atoms with van der Waals surface area (Å²) in [7, 11) is 0. The van der Waals surface area contributed by atoms with Gasteiger partial charge in [0.25, 0.3) is 0 Å². The van der Waals surface area contributed by atoms with Crippen molar-refractivity contribution in [2.24, 2.45) is 5.92 Å². The molecule has 2 nitrogen and oxygen atoms in total. The molecule has 0 aromatic heterocycles. The first-order valence-electron chi connectivity index (χ1n) is 18.1. The second-order valence-electron chi connectivity index (χ2n) is 12.4. The second-order valence-corrected chi connectivity index (χ2v) is 13.2. The van der Waals surface area contributed by atoms with E-state index in [1.807, 2.05) is 0 Å². The smallest absolute Gasteiger partial charge is 0.306 e. The van der Waals surface area contributed by atoms with Gasteiger partial charge in [-0.05, 0) is 63.7 Å². The van der Waals surface area contributed by atoms with Gasteiger partial charge < -0.3 is 4.74 Å². The van der Waals surface area contributed by atoms with Crippen LogP contribution in [0.5, 0.6) is 0 Å². The van der Waals surface area contributed by atoms with Crippen molar-refractivity contribution in [1.82, 2.24) is 0 Å². The van der Waals surface area contributed by atoms with Gasteiger partial charge in [0.1, 0.15) is 6.10 Å². The number of hydrogen-bond acceptors (Lipinski definition) is 2. The zero-order valence-electron chi connectivity index (χ0n) is 27.5. The largest absolute Gasteiger partial charge is 0.462 e. The van der Waals surface area contributed by atoms with Crippen LogP contribution < -0.4 is 0 Å². The summed E-state index contributed by atoms with van der Waals surface area (Å²) in [5.41, 5.74) is 0. The van der Waals surface area contributed by atoms with E-state index in [4.69, 9.17) is 4.74 Å². The van der Waals surface area contributed by atoms with E-state index in [1.165, 1.54) is 141 Å². The number of esters is 1. The van der Waals surface area contributed by atoms with Crippen LogP contribution in [0.4, 0.5) is 0 Å². The first kappa shape index (κ1) is 39.7. The molecule has 0 aliphatic rings. The van der Waals surface area contributed by atoms with Gasteiger partial charge in [0, 0.05) is 11.8 Å². The fourth-order valence-corrected chi connectivity index (χ4v) is 6.16. The molecule has 40 heavy (non-hydrogen) atoms. The molecule has 0 rings (SSSR count). The van der Waals surface area contributed by atoms with Crippen molar-refractivity contribution in [3.63, 3.8) is 0 Å². The van der Waals surface area contributed by atoms with Gasteiger partial charge >= 0.3 is 5.97 Å². The lowest BCUT2D eigenvalue weighted by atomic mass is 9.87. The maximum atomic E-state index is 12.8. The molecular formula is C37H71BrO2. The Morgan fingerprint density at radius 1 is 0.550 bits per heavy atom. The summed E-state index contributed by atoms with van der Waals surface area (Å²) < 4.78 is 6.29. The number of alkyl halides is 1. The van der Waals surface area contributed by atoms with Crippen molar-refractivity contribution < 1.29 is 9.53 Å². The molecule has 0 saturated heterocycles. The molecule has 0 amide bonds. The SMILES string of the molecule is CCCCCC=CCCCC(OC(=O)CCCCBr)C(CCCCCCCCCC)CCCCCCCCCC. The fraction of sp³-hybridized carbons (Fsp3) is 0.919. The molecule has 1 atom stereocenters. The number of hydrogen-bond donors (Lipinski definition) is 0. The monoisotopic (exact) mass is 626 g/mol. The highest BCUT2D eigenvalue weighted by Crippen LogP contribution is 2.28. The van der Waals surface area contributed by atoms with E-state index >= 15 is 0 Å². The van der Waals surface area contributed by atoms with Crippen LogP contribution in [0.25, 0.3) is 0 Å². The highest BCUT2D eigenvalue weighted by Gasteiger charge is 2.24. The lowest BCUT2D eigenvalue weighted by Gasteiger charge is -2.28. The van der Waals surface area contributed by atoms with E-state index in [1.54, 1.807) is 0 Å². The maximum Gasteiger partial charge on any atom is 0.306 e. The third-order valence-corrected chi connectivity index (χ3v) is 8.99. The minimum atomic E-state index is 0.0397. The van der Waals surface area contributed by atoms with Gasteiger partial charge in [-0.1, -0.05) is 164 Å². The molecule has 0 aliphatic carbocycles. The Hall–Kier alpha value is -0.310. The van der Waals surface area contributed by atoms with Gasteiger partial charge in [0.15, 0.2) is 0 Å². The summed E-state index contributed by atoms with van der Waals surface area (Å²) in [5, 5.41) is 0.966. The zero-order chi connectivity index (χ0) is 29.4. The number of unbranched alkanes of at least 4 members (excludes halogenated alkanes) is 19. The van der Waals surface area contributed by atoms with Crippen molar-refractivity contribution in [2.45, 2.75) is 207 Å². The van der Waals surface area contributed by atoms with Gasteiger partial charge in [0.2, 0.25) is 0 Å². The zero-order valence-corrected chi connectivity index (χ0v) is 29.1. The normalized spacial score (nSPS) is 12.5. The Kier molecular flexibility index (Phi) is 32.9. The number of carbonyl (C=O) groups is 1. The lowest BCUT2D eigenvalue weighted by molar-refractivity contribution is -0.153. The van der Waals surface area contributed by atoms with Crippen LogP contribution in [0.15, 0.2) is 12.2 Å². The van der Waals surface area contributed by atoms with E-state index in [0.29, 0.717) is 12.3 Å². The molecule has 1 unspecified atom stereocenters. The quantitative estimate of drug-likeness (QED) is 0.0321. The highest BCUT2D eigenvalue weighted by atomic mass is 79.9. The first-order valence-corrected chi connectivity index (χ1v) is 19.2. The molecule has 0 spiro atoms. The van der Waals surface area contributed by atoms with Crippen LogP contribution in [-0.2, 0) is 9.53 Å². The average Bonchev–Trinajstić information content (AvgIpc) is 2.95. The Labute approximate surface area is 260 Å². The fourth-order valence-electron chi connectivity index (χ4n) is 5.76. The number of allylic oxidation sites excluding steroid dienone is 2. The summed E-state index contributed by atoms with van der Waals surface area (Å²) >= 11 is 3.50. The van der Waals surface area contributed by atoms with Gasteiger partial charge in [-0.25, -0.2) is 0 Å². The van der Waals surface area contributed by atoms with Gasteiger partial charge in [-0.15, -0.1) is 0 Å². The van der Waals surface area contributed by atoms with Crippen molar-refractivity contribution in [3.05, 3.63) is 12.2 Å². The predicted molar refractivity (Wildman–Crippen MR) is 183 cm³/mol. The van der Waals surface area contributed by atoms with E-state index in [-0.39, 0.29) is 12.1 Å². The number of rotatable bonds is 32. The molecule has 0 fully saturated rings. The van der Waals surface area contributed by atoms with Gasteiger partial charge in [-0.2, -0.15) is 0 Å². The molecule has 3 heteroatoms. The summed E-state index contributed by atoms with van der Waals surface area (Å²) in [4.78, 5) is 12.8. The minimum absolute atomic E-state index is 0.0397. The van der Waals surface area contributed by atoms with Gasteiger partial charge in [0.05, 0.1) is 0 Å². The third kappa shape index (κ3) is 27.8. The van der Waals surface area contributed by atoms with Crippen molar-refractivity contribution in [1.29, 1.82) is 0 Å². The Morgan fingerprint density at radius 3 is 1.50 bits per heavy atom. The first-order chi connectivity index (χ1) is 19.7. The lowest BCUT2D eigenvalue weighted by Crippen LogP contribution is -2.27. The Morgan fingerprint density at radius 2 is 1.00 bits per heavy atom. The van der Waals surface area contributed by atoms with Crippen LogP contribution in [-0.4, -0.2) is 17.4 Å². The van der Waals surface area contributed by atoms with Crippen LogP contribution in [0.3, 0.4) is 0 Å². The second kappa shape index (κ2) is 33.2. The standard InChI is InChI=1S/C37H71BrO2/c1-4-7-10-13-16-19-22-25-30-35(31-26-23-20-17-14-11-8-5-2)36(40-37(39)33-28-29-34-38)32-27-24-21-18-15-12-9-6-3/h18,21,35-36H,4-17,19-20,22-34H2,1-3H3. The van der Waals surface area contributed by atoms with Crippen LogP contribution in [0.2, 0.25) is 0 Å². The Balaban J connectivity index is 4.91. The molecular weight excluding hydrogens is 556 g/mol. The number of carbonyl (C=O) groups excluding carboxylic acids is 1. The average molecular weight is 628 g/mol. The molecule has 0 N–H and O–H groups in total. The van der Waals surface area contributed by atoms with E-state index < -0.39 is 0 Å². The minimum Gasteiger partial charge on any atom is -0.462 e. The van der Waals surface area contributed by atoms with Crippen LogP contribution in [0, 0.1) is 5.92 Å². The molecule has 238 valence electrons. The van der Waals surface area contributed by atoms with Crippen molar-refractivity contribution in [2.75, 3.05) is 5.33 Å². The van der Waals surface area contributed by atoms with E-state index in [9.17, 15) is 4.79 Å². The van der Waals surface area contributed by atoms with E-state index in [2.05, 4.69) is 48.9 Å². The molecule has 0 saturated carbocycles. The summed E-state index contributed by atoms with van der Waals surface area (Å²) in [6.45, 7) is 6.85. The van der Waals surface area contributed by atoms with Gasteiger partial charge in [-0.3, -0.25) is 4.79 Å². The topological polar surface area (TPSA) is 26.3 Å². The summed E-state index contributed by atoms with van der Waals surface area (Å²) in [6, 6.07) is 0.